The van der Waals surface area contributed by atoms with E-state index < -0.39 is 0 Å². The van der Waals surface area contributed by atoms with Gasteiger partial charge in [-0.3, -0.25) is 0 Å². The quantitative estimate of drug-likeness (QED) is 0.790. The molecule has 112 valence electrons. The van der Waals surface area contributed by atoms with Crippen LogP contribution in [0.15, 0.2) is 29.6 Å². The maximum Gasteiger partial charge on any atom is 0.183 e. The fourth-order valence-electron chi connectivity index (χ4n) is 2.55. The molecular weight excluding hydrogens is 301 g/mol. The average Bonchev–Trinajstić information content (AvgIpc) is 3.14. The van der Waals surface area contributed by atoms with Crippen LogP contribution < -0.4 is 5.32 Å². The maximum atomic E-state index is 13.0. The van der Waals surface area contributed by atoms with Crippen molar-refractivity contribution in [3.05, 3.63) is 41.3 Å². The number of halogens is 1. The third kappa shape index (κ3) is 2.32. The number of thiazole rings is 1. The first-order valence-corrected chi connectivity index (χ1v) is 7.96. The van der Waals surface area contributed by atoms with Crippen molar-refractivity contribution in [2.24, 2.45) is 0 Å². The molecule has 1 N–H and O–H groups in total. The van der Waals surface area contributed by atoms with E-state index in [-0.39, 0.29) is 5.82 Å². The van der Waals surface area contributed by atoms with Crippen molar-refractivity contribution in [2.45, 2.75) is 26.1 Å². The molecule has 3 heterocycles. The Balaban J connectivity index is 1.70. The van der Waals surface area contributed by atoms with Gasteiger partial charge in [-0.05, 0) is 31.2 Å². The minimum absolute atomic E-state index is 0.242. The van der Waals surface area contributed by atoms with E-state index >= 15 is 0 Å². The van der Waals surface area contributed by atoms with Crippen LogP contribution in [-0.2, 0) is 13.1 Å². The number of benzene rings is 1. The smallest absolute Gasteiger partial charge is 0.183 e. The highest BCUT2D eigenvalue weighted by molar-refractivity contribution is 7.13. The number of rotatable bonds is 2. The molecule has 0 amide bonds. The molecule has 22 heavy (non-hydrogen) atoms. The lowest BCUT2D eigenvalue weighted by Crippen LogP contribution is -2.36. The van der Waals surface area contributed by atoms with Crippen LogP contribution in [0.2, 0.25) is 0 Å². The van der Waals surface area contributed by atoms with E-state index in [1.54, 1.807) is 12.1 Å². The van der Waals surface area contributed by atoms with Crippen molar-refractivity contribution in [3.63, 3.8) is 0 Å². The predicted octanol–water partition coefficient (Wildman–Crippen LogP) is 2.70. The molecule has 0 aliphatic carbocycles. The van der Waals surface area contributed by atoms with Gasteiger partial charge in [0, 0.05) is 23.5 Å². The van der Waals surface area contributed by atoms with E-state index in [9.17, 15) is 4.39 Å². The van der Waals surface area contributed by atoms with Gasteiger partial charge in [0.1, 0.15) is 22.3 Å². The maximum absolute atomic E-state index is 13.0. The summed E-state index contributed by atoms with van der Waals surface area (Å²) in [5.41, 5.74) is 1.73. The number of fused-ring (bicyclic) bond motifs is 1. The van der Waals surface area contributed by atoms with Crippen molar-refractivity contribution in [3.8, 4) is 22.1 Å². The first-order chi connectivity index (χ1) is 10.7. The fraction of sp³-hybridized carbons (Fsp3) is 0.267. The van der Waals surface area contributed by atoms with Crippen LogP contribution >= 0.6 is 11.3 Å². The molecule has 0 saturated heterocycles. The molecule has 1 unspecified atom stereocenters. The number of nitrogens with zero attached hydrogens (tertiary/aromatic N) is 4. The summed E-state index contributed by atoms with van der Waals surface area (Å²) in [5.74, 6) is 1.49. The Kier molecular flexibility index (Phi) is 3.24. The Hall–Kier alpha value is -2.12. The number of hydrogen-bond donors (Lipinski definition) is 1. The molecule has 1 aromatic carbocycles. The molecule has 0 bridgehead atoms. The number of hydrogen-bond acceptors (Lipinski definition) is 5. The van der Waals surface area contributed by atoms with Gasteiger partial charge in [-0.2, -0.15) is 0 Å². The minimum Gasteiger partial charge on any atom is -0.307 e. The molecule has 3 aromatic rings. The summed E-state index contributed by atoms with van der Waals surface area (Å²) in [7, 11) is 0. The molecular formula is C15H14FN5S. The first-order valence-electron chi connectivity index (χ1n) is 7.08. The topological polar surface area (TPSA) is 55.6 Å². The molecule has 0 spiro atoms. The van der Waals surface area contributed by atoms with Gasteiger partial charge in [-0.15, -0.1) is 21.5 Å². The summed E-state index contributed by atoms with van der Waals surface area (Å²) < 4.78 is 15.1. The fourth-order valence-corrected chi connectivity index (χ4v) is 3.36. The lowest BCUT2D eigenvalue weighted by molar-refractivity contribution is 0.412. The lowest BCUT2D eigenvalue weighted by atomic mass is 10.2. The van der Waals surface area contributed by atoms with Crippen LogP contribution in [0, 0.1) is 5.82 Å². The Bertz CT molecular complexity index is 808. The minimum atomic E-state index is -0.242. The monoisotopic (exact) mass is 315 g/mol. The molecule has 1 aliphatic rings. The van der Waals surface area contributed by atoms with Crippen LogP contribution in [0.4, 0.5) is 4.39 Å². The zero-order valence-corrected chi connectivity index (χ0v) is 12.8. The second-order valence-corrected chi connectivity index (χ2v) is 6.24. The standard InChI is InChI=1S/C15H14FN5S/c1-9-7-21-13(6-17-9)19-20-14(21)12-8-22-15(18-12)10-2-4-11(16)5-3-10/h2-5,8-9,17H,6-7H2,1H3. The third-order valence-corrected chi connectivity index (χ3v) is 4.61. The zero-order valence-electron chi connectivity index (χ0n) is 12.0. The highest BCUT2D eigenvalue weighted by Gasteiger charge is 2.21. The molecule has 4 rings (SSSR count). The van der Waals surface area contributed by atoms with Gasteiger partial charge in [0.2, 0.25) is 0 Å². The van der Waals surface area contributed by atoms with Crippen LogP contribution in [0.25, 0.3) is 22.1 Å². The molecule has 1 aliphatic heterocycles. The van der Waals surface area contributed by atoms with Crippen LogP contribution in [0.3, 0.4) is 0 Å². The second kappa shape index (κ2) is 5.26. The molecule has 0 fully saturated rings. The zero-order chi connectivity index (χ0) is 15.1. The molecule has 2 aromatic heterocycles. The van der Waals surface area contributed by atoms with Gasteiger partial charge < -0.3 is 9.88 Å². The van der Waals surface area contributed by atoms with E-state index in [0.29, 0.717) is 6.04 Å². The molecule has 0 radical (unpaired) electrons. The normalized spacial score (nSPS) is 17.5. The van der Waals surface area contributed by atoms with Crippen LogP contribution in [-0.4, -0.2) is 25.8 Å². The average molecular weight is 315 g/mol. The van der Waals surface area contributed by atoms with Gasteiger partial charge in [0.15, 0.2) is 5.82 Å². The van der Waals surface area contributed by atoms with Gasteiger partial charge in [0.25, 0.3) is 0 Å². The second-order valence-electron chi connectivity index (χ2n) is 5.38. The van der Waals surface area contributed by atoms with Gasteiger partial charge in [0.05, 0.1) is 6.54 Å². The van der Waals surface area contributed by atoms with Gasteiger partial charge in [-0.25, -0.2) is 9.37 Å². The highest BCUT2D eigenvalue weighted by atomic mass is 32.1. The van der Waals surface area contributed by atoms with E-state index in [4.69, 9.17) is 0 Å². The lowest BCUT2D eigenvalue weighted by Gasteiger charge is -2.21. The van der Waals surface area contributed by atoms with E-state index in [2.05, 4.69) is 32.0 Å². The number of nitrogens with one attached hydrogen (secondary N) is 1. The Morgan fingerprint density at radius 2 is 2.09 bits per heavy atom. The number of aromatic nitrogens is 4. The summed E-state index contributed by atoms with van der Waals surface area (Å²) in [6.07, 6.45) is 0. The summed E-state index contributed by atoms with van der Waals surface area (Å²) in [5, 5.41) is 14.7. The SMILES string of the molecule is CC1Cn2c(nnc2-c2csc(-c3ccc(F)cc3)n2)CN1. The highest BCUT2D eigenvalue weighted by Crippen LogP contribution is 2.29. The summed E-state index contributed by atoms with van der Waals surface area (Å²) >= 11 is 1.53. The first kappa shape index (κ1) is 13.5. The van der Waals surface area contributed by atoms with E-state index in [0.717, 1.165) is 41.0 Å². The summed E-state index contributed by atoms with van der Waals surface area (Å²) in [4.78, 5) is 4.64. The third-order valence-electron chi connectivity index (χ3n) is 3.72. The van der Waals surface area contributed by atoms with Crippen molar-refractivity contribution in [2.75, 3.05) is 0 Å². The van der Waals surface area contributed by atoms with Crippen LogP contribution in [0.5, 0.6) is 0 Å². The molecule has 5 nitrogen and oxygen atoms in total. The Morgan fingerprint density at radius 1 is 1.27 bits per heavy atom. The van der Waals surface area contributed by atoms with Crippen molar-refractivity contribution >= 4 is 11.3 Å². The van der Waals surface area contributed by atoms with Gasteiger partial charge in [-0.1, -0.05) is 0 Å². The van der Waals surface area contributed by atoms with Crippen molar-refractivity contribution < 1.29 is 4.39 Å². The molecule has 7 heteroatoms. The molecule has 1 atom stereocenters. The Morgan fingerprint density at radius 3 is 2.91 bits per heavy atom. The Labute approximate surface area is 130 Å². The molecule has 0 saturated carbocycles. The van der Waals surface area contributed by atoms with Crippen molar-refractivity contribution in [1.82, 2.24) is 25.1 Å². The van der Waals surface area contributed by atoms with E-state index in [1.807, 2.05) is 5.38 Å². The summed E-state index contributed by atoms with van der Waals surface area (Å²) in [6, 6.07) is 6.76. The summed E-state index contributed by atoms with van der Waals surface area (Å²) in [6.45, 7) is 3.70. The largest absolute Gasteiger partial charge is 0.307 e. The van der Waals surface area contributed by atoms with E-state index in [1.165, 1.54) is 23.5 Å². The predicted molar refractivity (Wildman–Crippen MR) is 82.8 cm³/mol. The van der Waals surface area contributed by atoms with Crippen molar-refractivity contribution in [1.29, 1.82) is 0 Å². The van der Waals surface area contributed by atoms with Crippen LogP contribution in [0.1, 0.15) is 12.7 Å². The van der Waals surface area contributed by atoms with Gasteiger partial charge >= 0.3 is 0 Å².